The summed E-state index contributed by atoms with van der Waals surface area (Å²) in [5.74, 6) is -0.753. The largest absolute Gasteiger partial charge is 0.506 e. The number of phenols is 1. The summed E-state index contributed by atoms with van der Waals surface area (Å²) in [4.78, 5) is 12.4. The summed E-state index contributed by atoms with van der Waals surface area (Å²) in [6.07, 6.45) is 3.02. The number of nitrogens with zero attached hydrogens (tertiary/aromatic N) is 2. The Morgan fingerprint density at radius 2 is 2.00 bits per heavy atom. The van der Waals surface area contributed by atoms with Gasteiger partial charge in [-0.1, -0.05) is 6.92 Å². The van der Waals surface area contributed by atoms with Crippen molar-refractivity contribution in [2.75, 3.05) is 11.1 Å². The molecule has 1 amide bonds. The van der Waals surface area contributed by atoms with Crippen molar-refractivity contribution in [3.63, 3.8) is 0 Å². The molecule has 0 radical (unpaired) electrons. The SMILES string of the molecule is CCS(=O)(=O)c1ccc(O)c(NC(=O)c2cnn(C(C)(C)C)c2)c1. The van der Waals surface area contributed by atoms with Crippen molar-refractivity contribution >= 4 is 21.4 Å². The van der Waals surface area contributed by atoms with E-state index in [0.717, 1.165) is 0 Å². The Bertz CT molecular complexity index is 864. The lowest BCUT2D eigenvalue weighted by Crippen LogP contribution is -2.22. The standard InChI is InChI=1S/C16H21N3O4S/c1-5-24(22,23)12-6-7-14(20)13(8-12)18-15(21)11-9-17-19(10-11)16(2,3)4/h6-10,20H,5H2,1-4H3,(H,18,21). The predicted molar refractivity (Wildman–Crippen MR) is 91.0 cm³/mol. The second kappa shape index (κ2) is 6.27. The third-order valence-corrected chi connectivity index (χ3v) is 5.22. The molecule has 7 nitrogen and oxygen atoms in total. The average Bonchev–Trinajstić information content (AvgIpc) is 2.99. The number of carbonyl (C=O) groups excluding carboxylic acids is 1. The van der Waals surface area contributed by atoms with E-state index in [9.17, 15) is 18.3 Å². The van der Waals surface area contributed by atoms with Gasteiger partial charge in [0, 0.05) is 6.20 Å². The minimum atomic E-state index is -3.43. The minimum absolute atomic E-state index is 0.0398. The smallest absolute Gasteiger partial charge is 0.258 e. The second-order valence-corrected chi connectivity index (χ2v) is 8.66. The van der Waals surface area contributed by atoms with Crippen LogP contribution < -0.4 is 5.32 Å². The fraction of sp³-hybridized carbons (Fsp3) is 0.375. The van der Waals surface area contributed by atoms with Crippen molar-refractivity contribution in [3.05, 3.63) is 36.2 Å². The molecule has 0 fully saturated rings. The molecule has 0 atom stereocenters. The number of hydrogen-bond donors (Lipinski definition) is 2. The molecule has 0 aliphatic rings. The topological polar surface area (TPSA) is 101 Å². The molecule has 0 unspecified atom stereocenters. The van der Waals surface area contributed by atoms with Crippen LogP contribution in [0.15, 0.2) is 35.5 Å². The lowest BCUT2D eigenvalue weighted by Gasteiger charge is -2.18. The van der Waals surface area contributed by atoms with E-state index in [0.29, 0.717) is 5.56 Å². The summed E-state index contributed by atoms with van der Waals surface area (Å²) in [7, 11) is -3.43. The first-order chi connectivity index (χ1) is 11.0. The Hall–Kier alpha value is -2.35. The van der Waals surface area contributed by atoms with Crippen LogP contribution in [0.3, 0.4) is 0 Å². The van der Waals surface area contributed by atoms with Crippen LogP contribution in [0.2, 0.25) is 0 Å². The highest BCUT2D eigenvalue weighted by Gasteiger charge is 2.19. The number of aromatic hydroxyl groups is 1. The first kappa shape index (κ1) is 18.0. The highest BCUT2D eigenvalue weighted by molar-refractivity contribution is 7.91. The molecule has 1 heterocycles. The number of anilines is 1. The third-order valence-electron chi connectivity index (χ3n) is 3.49. The first-order valence-corrected chi connectivity index (χ1v) is 9.12. The van der Waals surface area contributed by atoms with E-state index in [4.69, 9.17) is 0 Å². The molecule has 0 aliphatic heterocycles. The van der Waals surface area contributed by atoms with Crippen molar-refractivity contribution in [1.29, 1.82) is 0 Å². The molecule has 0 aliphatic carbocycles. The lowest BCUT2D eigenvalue weighted by molar-refractivity contribution is 0.102. The number of phenolic OH excluding ortho intramolecular Hbond substituents is 1. The Morgan fingerprint density at radius 1 is 1.33 bits per heavy atom. The number of aromatic nitrogens is 2. The highest BCUT2D eigenvalue weighted by atomic mass is 32.2. The van der Waals surface area contributed by atoms with Crippen LogP contribution in [0.4, 0.5) is 5.69 Å². The Labute approximate surface area is 141 Å². The van der Waals surface area contributed by atoms with Gasteiger partial charge in [-0.2, -0.15) is 5.10 Å². The molecule has 0 spiro atoms. The molecule has 24 heavy (non-hydrogen) atoms. The van der Waals surface area contributed by atoms with Crippen LogP contribution >= 0.6 is 0 Å². The Balaban J connectivity index is 2.29. The fourth-order valence-corrected chi connectivity index (χ4v) is 2.88. The van der Waals surface area contributed by atoms with Gasteiger partial charge in [-0.3, -0.25) is 9.48 Å². The maximum Gasteiger partial charge on any atom is 0.258 e. The van der Waals surface area contributed by atoms with Gasteiger partial charge >= 0.3 is 0 Å². The normalized spacial score (nSPS) is 12.2. The Kier molecular flexibility index (Phi) is 4.70. The third kappa shape index (κ3) is 3.76. The van der Waals surface area contributed by atoms with Crippen molar-refractivity contribution in [2.24, 2.45) is 0 Å². The van der Waals surface area contributed by atoms with Gasteiger partial charge in [-0.05, 0) is 39.0 Å². The van der Waals surface area contributed by atoms with Crippen LogP contribution in [0, 0.1) is 0 Å². The van der Waals surface area contributed by atoms with Gasteiger partial charge in [-0.15, -0.1) is 0 Å². The average molecular weight is 351 g/mol. The van der Waals surface area contributed by atoms with E-state index in [1.165, 1.54) is 31.3 Å². The Morgan fingerprint density at radius 3 is 2.54 bits per heavy atom. The number of rotatable bonds is 4. The van der Waals surface area contributed by atoms with E-state index in [2.05, 4.69) is 10.4 Å². The van der Waals surface area contributed by atoms with Crippen LogP contribution in [-0.2, 0) is 15.4 Å². The molecule has 2 aromatic rings. The zero-order chi connectivity index (χ0) is 18.1. The zero-order valence-corrected chi connectivity index (χ0v) is 14.9. The van der Waals surface area contributed by atoms with Crippen molar-refractivity contribution in [3.8, 4) is 5.75 Å². The van der Waals surface area contributed by atoms with Gasteiger partial charge in [0.1, 0.15) is 5.75 Å². The summed E-state index contributed by atoms with van der Waals surface area (Å²) in [5.41, 5.74) is 0.0848. The molecule has 2 N–H and O–H groups in total. The van der Waals surface area contributed by atoms with Crippen LogP contribution in [0.1, 0.15) is 38.1 Å². The van der Waals surface area contributed by atoms with Crippen molar-refractivity contribution in [2.45, 2.75) is 38.1 Å². The maximum absolute atomic E-state index is 12.3. The summed E-state index contributed by atoms with van der Waals surface area (Å²) in [6.45, 7) is 7.38. The quantitative estimate of drug-likeness (QED) is 0.824. The highest BCUT2D eigenvalue weighted by Crippen LogP contribution is 2.27. The number of amides is 1. The lowest BCUT2D eigenvalue weighted by atomic mass is 10.1. The maximum atomic E-state index is 12.3. The van der Waals surface area contributed by atoms with Gasteiger partial charge in [0.25, 0.3) is 5.91 Å². The van der Waals surface area contributed by atoms with Gasteiger partial charge < -0.3 is 10.4 Å². The predicted octanol–water partition coefficient (Wildman–Crippen LogP) is 2.39. The molecule has 0 bridgehead atoms. The van der Waals surface area contributed by atoms with E-state index < -0.39 is 15.7 Å². The number of benzene rings is 1. The summed E-state index contributed by atoms with van der Waals surface area (Å²) < 4.78 is 25.5. The fourth-order valence-electron chi connectivity index (χ4n) is 1.98. The molecule has 1 aromatic heterocycles. The summed E-state index contributed by atoms with van der Waals surface area (Å²) >= 11 is 0. The van der Waals surface area contributed by atoms with E-state index in [1.807, 2.05) is 20.8 Å². The number of carbonyl (C=O) groups is 1. The van der Waals surface area contributed by atoms with Gasteiger partial charge in [-0.25, -0.2) is 8.42 Å². The summed E-state index contributed by atoms with van der Waals surface area (Å²) in [6, 6.07) is 3.80. The number of hydrogen-bond acceptors (Lipinski definition) is 5. The van der Waals surface area contributed by atoms with Crippen LogP contribution in [0.25, 0.3) is 0 Å². The van der Waals surface area contributed by atoms with Crippen molar-refractivity contribution < 1.29 is 18.3 Å². The minimum Gasteiger partial charge on any atom is -0.506 e. The second-order valence-electron chi connectivity index (χ2n) is 6.38. The van der Waals surface area contributed by atoms with Crippen LogP contribution in [0.5, 0.6) is 5.75 Å². The van der Waals surface area contributed by atoms with Gasteiger partial charge in [0.05, 0.1) is 33.6 Å². The van der Waals surface area contributed by atoms with Gasteiger partial charge in [0.2, 0.25) is 0 Å². The van der Waals surface area contributed by atoms with E-state index in [-0.39, 0.29) is 27.6 Å². The van der Waals surface area contributed by atoms with E-state index in [1.54, 1.807) is 10.9 Å². The molecular formula is C16H21N3O4S. The zero-order valence-electron chi connectivity index (χ0n) is 14.1. The van der Waals surface area contributed by atoms with Crippen LogP contribution in [-0.4, -0.2) is 35.0 Å². The number of nitrogens with one attached hydrogen (secondary N) is 1. The molecule has 2 rings (SSSR count). The molecule has 130 valence electrons. The molecular weight excluding hydrogens is 330 g/mol. The number of sulfone groups is 1. The van der Waals surface area contributed by atoms with Crippen molar-refractivity contribution in [1.82, 2.24) is 9.78 Å². The molecule has 1 aromatic carbocycles. The monoisotopic (exact) mass is 351 g/mol. The molecule has 8 heteroatoms. The van der Waals surface area contributed by atoms with E-state index >= 15 is 0 Å². The summed E-state index contributed by atoms with van der Waals surface area (Å²) in [5, 5.41) is 16.5. The first-order valence-electron chi connectivity index (χ1n) is 7.47. The molecule has 0 saturated heterocycles. The molecule has 0 saturated carbocycles. The van der Waals surface area contributed by atoms with Gasteiger partial charge in [0.15, 0.2) is 9.84 Å².